The Labute approximate surface area is 112 Å². The third kappa shape index (κ3) is 3.24. The highest BCUT2D eigenvalue weighted by molar-refractivity contribution is 6.30. The van der Waals surface area contributed by atoms with E-state index >= 15 is 0 Å². The summed E-state index contributed by atoms with van der Waals surface area (Å²) in [4.78, 5) is 12.1. The molecule has 0 heterocycles. The quantitative estimate of drug-likeness (QED) is 0.885. The van der Waals surface area contributed by atoms with Crippen LogP contribution in [0, 0.1) is 5.92 Å². The fourth-order valence-corrected chi connectivity index (χ4v) is 2.69. The highest BCUT2D eigenvalue weighted by Crippen LogP contribution is 2.24. The largest absolute Gasteiger partial charge is 0.396 e. The van der Waals surface area contributed by atoms with E-state index in [4.69, 9.17) is 11.6 Å². The Bertz CT molecular complexity index is 422. The third-order valence-corrected chi connectivity index (χ3v) is 3.78. The number of carbonyl (C=O) groups is 1. The van der Waals surface area contributed by atoms with Crippen LogP contribution in [-0.2, 0) is 0 Å². The van der Waals surface area contributed by atoms with Crippen molar-refractivity contribution in [2.24, 2.45) is 5.92 Å². The molecule has 1 aliphatic rings. The van der Waals surface area contributed by atoms with Gasteiger partial charge in [-0.25, -0.2) is 0 Å². The van der Waals surface area contributed by atoms with E-state index in [0.717, 1.165) is 25.7 Å². The van der Waals surface area contributed by atoms with Crippen molar-refractivity contribution in [1.29, 1.82) is 0 Å². The number of aliphatic hydroxyl groups is 1. The molecule has 1 fully saturated rings. The van der Waals surface area contributed by atoms with E-state index in [0.29, 0.717) is 10.6 Å². The average molecular weight is 268 g/mol. The molecule has 2 unspecified atom stereocenters. The molecule has 0 radical (unpaired) electrons. The maximum atomic E-state index is 12.1. The first-order valence-electron chi connectivity index (χ1n) is 6.38. The summed E-state index contributed by atoms with van der Waals surface area (Å²) in [6, 6.07) is 7.00. The Morgan fingerprint density at radius 2 is 2.17 bits per heavy atom. The third-order valence-electron chi connectivity index (χ3n) is 3.55. The lowest BCUT2D eigenvalue weighted by Gasteiger charge is -2.30. The minimum atomic E-state index is -0.108. The van der Waals surface area contributed by atoms with Gasteiger partial charge in [0.2, 0.25) is 0 Å². The van der Waals surface area contributed by atoms with Crippen LogP contribution >= 0.6 is 11.6 Å². The molecule has 1 saturated carbocycles. The second kappa shape index (κ2) is 6.21. The predicted molar refractivity (Wildman–Crippen MR) is 71.8 cm³/mol. The summed E-state index contributed by atoms with van der Waals surface area (Å²) >= 11 is 5.87. The summed E-state index contributed by atoms with van der Waals surface area (Å²) in [7, 11) is 0. The molecular weight excluding hydrogens is 250 g/mol. The summed E-state index contributed by atoms with van der Waals surface area (Å²) in [5.74, 6) is 0.0738. The number of hydrogen-bond donors (Lipinski definition) is 2. The van der Waals surface area contributed by atoms with Gasteiger partial charge < -0.3 is 10.4 Å². The van der Waals surface area contributed by atoms with Gasteiger partial charge in [0, 0.05) is 29.2 Å². The summed E-state index contributed by atoms with van der Waals surface area (Å²) < 4.78 is 0. The second-order valence-electron chi connectivity index (χ2n) is 4.82. The van der Waals surface area contributed by atoms with Crippen LogP contribution in [0.15, 0.2) is 24.3 Å². The molecule has 2 N–H and O–H groups in total. The standard InChI is InChI=1S/C14H18ClNO2/c15-12-6-3-5-10(8-12)14(18)16-13-7-2-1-4-11(13)9-17/h3,5-6,8,11,13,17H,1-2,4,7,9H2,(H,16,18). The van der Waals surface area contributed by atoms with Crippen LogP contribution in [0.3, 0.4) is 0 Å². The van der Waals surface area contributed by atoms with Gasteiger partial charge in [0.15, 0.2) is 0 Å². The summed E-state index contributed by atoms with van der Waals surface area (Å²) in [6.45, 7) is 0.139. The highest BCUT2D eigenvalue weighted by Gasteiger charge is 2.26. The van der Waals surface area contributed by atoms with Crippen molar-refractivity contribution in [3.05, 3.63) is 34.9 Å². The van der Waals surface area contributed by atoms with Gasteiger partial charge in [-0.1, -0.05) is 30.5 Å². The van der Waals surface area contributed by atoms with E-state index in [2.05, 4.69) is 5.32 Å². The Balaban J connectivity index is 2.02. The fourth-order valence-electron chi connectivity index (χ4n) is 2.50. The van der Waals surface area contributed by atoms with Crippen LogP contribution in [0.1, 0.15) is 36.0 Å². The first kappa shape index (κ1) is 13.4. The number of halogens is 1. The molecular formula is C14H18ClNO2. The Morgan fingerprint density at radius 1 is 1.39 bits per heavy atom. The molecule has 0 aliphatic heterocycles. The van der Waals surface area contributed by atoms with Gasteiger partial charge in [-0.05, 0) is 31.0 Å². The SMILES string of the molecule is O=C(NC1CCCCC1CO)c1cccc(Cl)c1. The smallest absolute Gasteiger partial charge is 0.251 e. The maximum absolute atomic E-state index is 12.1. The van der Waals surface area contributed by atoms with Gasteiger partial charge in [0.1, 0.15) is 0 Å². The lowest BCUT2D eigenvalue weighted by molar-refractivity contribution is 0.0872. The van der Waals surface area contributed by atoms with E-state index in [1.165, 1.54) is 0 Å². The van der Waals surface area contributed by atoms with Gasteiger partial charge >= 0.3 is 0 Å². The Kier molecular flexibility index (Phi) is 4.61. The molecule has 98 valence electrons. The van der Waals surface area contributed by atoms with Crippen molar-refractivity contribution in [3.63, 3.8) is 0 Å². The molecule has 3 nitrogen and oxygen atoms in total. The van der Waals surface area contributed by atoms with E-state index in [1.54, 1.807) is 24.3 Å². The van der Waals surface area contributed by atoms with Crippen LogP contribution in [0.2, 0.25) is 5.02 Å². The number of amides is 1. The van der Waals surface area contributed by atoms with Gasteiger partial charge in [0.25, 0.3) is 5.91 Å². The average Bonchev–Trinajstić information content (AvgIpc) is 2.39. The van der Waals surface area contributed by atoms with E-state index in [9.17, 15) is 9.90 Å². The van der Waals surface area contributed by atoms with Gasteiger partial charge in [-0.2, -0.15) is 0 Å². The molecule has 1 aliphatic carbocycles. The first-order valence-corrected chi connectivity index (χ1v) is 6.76. The van der Waals surface area contributed by atoms with E-state index < -0.39 is 0 Å². The summed E-state index contributed by atoms with van der Waals surface area (Å²) in [5.41, 5.74) is 0.574. The minimum Gasteiger partial charge on any atom is -0.396 e. The van der Waals surface area contributed by atoms with Crippen LogP contribution in [0.4, 0.5) is 0 Å². The van der Waals surface area contributed by atoms with Crippen molar-refractivity contribution in [1.82, 2.24) is 5.32 Å². The zero-order valence-corrected chi connectivity index (χ0v) is 11.0. The first-order chi connectivity index (χ1) is 8.70. The lowest BCUT2D eigenvalue weighted by atomic mass is 9.85. The van der Waals surface area contributed by atoms with Gasteiger partial charge in [0.05, 0.1) is 0 Å². The monoisotopic (exact) mass is 267 g/mol. The molecule has 0 aromatic heterocycles. The molecule has 2 atom stereocenters. The molecule has 1 amide bonds. The molecule has 4 heteroatoms. The number of rotatable bonds is 3. The predicted octanol–water partition coefficient (Wildman–Crippen LogP) is 2.62. The highest BCUT2D eigenvalue weighted by atomic mass is 35.5. The van der Waals surface area contributed by atoms with Crippen molar-refractivity contribution in [3.8, 4) is 0 Å². The zero-order valence-electron chi connectivity index (χ0n) is 10.2. The number of aliphatic hydroxyl groups excluding tert-OH is 1. The Hall–Kier alpha value is -1.06. The molecule has 1 aromatic rings. The number of nitrogens with one attached hydrogen (secondary N) is 1. The molecule has 0 saturated heterocycles. The van der Waals surface area contributed by atoms with Gasteiger partial charge in [-0.15, -0.1) is 0 Å². The fraction of sp³-hybridized carbons (Fsp3) is 0.500. The second-order valence-corrected chi connectivity index (χ2v) is 5.25. The van der Waals surface area contributed by atoms with Crippen molar-refractivity contribution in [2.45, 2.75) is 31.7 Å². The minimum absolute atomic E-state index is 0.0789. The number of carbonyl (C=O) groups excluding carboxylic acids is 1. The van der Waals surface area contributed by atoms with Crippen molar-refractivity contribution < 1.29 is 9.90 Å². The summed E-state index contributed by atoms with van der Waals surface area (Å²) in [6.07, 6.45) is 4.17. The lowest BCUT2D eigenvalue weighted by Crippen LogP contribution is -2.43. The van der Waals surface area contributed by atoms with Crippen molar-refractivity contribution >= 4 is 17.5 Å². The number of hydrogen-bond acceptors (Lipinski definition) is 2. The molecule has 1 aromatic carbocycles. The van der Waals surface area contributed by atoms with E-state index in [-0.39, 0.29) is 24.5 Å². The van der Waals surface area contributed by atoms with Crippen molar-refractivity contribution in [2.75, 3.05) is 6.61 Å². The van der Waals surface area contributed by atoms with E-state index in [1.807, 2.05) is 0 Å². The topological polar surface area (TPSA) is 49.3 Å². The van der Waals surface area contributed by atoms with Gasteiger partial charge in [-0.3, -0.25) is 4.79 Å². The van der Waals surface area contributed by atoms with Crippen LogP contribution in [0.25, 0.3) is 0 Å². The van der Waals surface area contributed by atoms with Crippen LogP contribution in [0.5, 0.6) is 0 Å². The van der Waals surface area contributed by atoms with Crippen LogP contribution < -0.4 is 5.32 Å². The molecule has 18 heavy (non-hydrogen) atoms. The molecule has 0 bridgehead atoms. The zero-order chi connectivity index (χ0) is 13.0. The Morgan fingerprint density at radius 3 is 2.89 bits per heavy atom. The number of benzene rings is 1. The molecule has 0 spiro atoms. The van der Waals surface area contributed by atoms with Crippen LogP contribution in [-0.4, -0.2) is 23.7 Å². The normalized spacial score (nSPS) is 23.7. The molecule has 2 rings (SSSR count). The summed E-state index contributed by atoms with van der Waals surface area (Å²) in [5, 5.41) is 12.9. The maximum Gasteiger partial charge on any atom is 0.251 e.